The minimum Gasteiger partial charge on any atom is 0 e. The van der Waals surface area contributed by atoms with E-state index in [9.17, 15) is 4.57 Å². The zero-order valence-corrected chi connectivity index (χ0v) is 9.73. The van der Waals surface area contributed by atoms with Gasteiger partial charge in [0.2, 0.25) is 0 Å². The van der Waals surface area contributed by atoms with E-state index in [1.165, 1.54) is 0 Å². The Bertz CT molecular complexity index is 80.1. The molecule has 0 aliphatic heterocycles. The minimum absolute atomic E-state index is 0. The van der Waals surface area contributed by atoms with Gasteiger partial charge in [-0.2, -0.15) is 0 Å². The fraction of sp³-hybridized carbons (Fsp3) is 0. The van der Waals surface area contributed by atoms with Gasteiger partial charge < -0.3 is 14.0 Å². The van der Waals surface area contributed by atoms with Crippen LogP contribution in [0.25, 0.3) is 0 Å². The van der Waals surface area contributed by atoms with Gasteiger partial charge in [0.05, 0.1) is 0 Å². The summed E-state index contributed by atoms with van der Waals surface area (Å²) in [5.41, 5.74) is 0. The summed E-state index contributed by atoms with van der Waals surface area (Å²) < 4.78 is 13.2. The van der Waals surface area contributed by atoms with Gasteiger partial charge >= 0.3 is 53.3 Å². The van der Waals surface area contributed by atoms with Crippen molar-refractivity contribution >= 4 is 63.8 Å². The maximum absolute atomic E-state index is 9.51. The van der Waals surface area contributed by atoms with Gasteiger partial charge in [0.25, 0.3) is 0 Å². The minimum atomic E-state index is -4.08. The van der Waals surface area contributed by atoms with Crippen LogP contribution in [0.5, 0.6) is 0 Å². The molecule has 4 nitrogen and oxygen atoms in total. The van der Waals surface area contributed by atoms with E-state index in [4.69, 9.17) is 9.79 Å². The summed E-state index contributed by atoms with van der Waals surface area (Å²) in [6.07, 6.45) is 0. The van der Waals surface area contributed by atoms with Gasteiger partial charge in [0.1, 0.15) is 0 Å². The van der Waals surface area contributed by atoms with E-state index in [1.807, 2.05) is 0 Å². The number of rotatable bonds is 1. The molecule has 0 amide bonds. The predicted molar refractivity (Wildman–Crippen MR) is 31.6 cm³/mol. The van der Waals surface area contributed by atoms with Gasteiger partial charge in [-0.05, 0) is 0 Å². The molecule has 0 saturated carbocycles. The summed E-state index contributed by atoms with van der Waals surface area (Å²) in [4.78, 5) is 15.5. The molecule has 0 bridgehead atoms. The molecule has 0 aromatic heterocycles. The number of hydrogen-bond donors (Lipinski definition) is 2. The largest absolute Gasteiger partial charge is 0 e. The molecule has 0 spiro atoms. The molecule has 0 aliphatic carbocycles. The van der Waals surface area contributed by atoms with Gasteiger partial charge in [-0.3, -0.25) is 0 Å². The first-order valence-electron chi connectivity index (χ1n) is 1.17. The molecular formula is H7O4PSiSrZn. The second-order valence-corrected chi connectivity index (χ2v) is 3.11. The fourth-order valence-electron chi connectivity index (χ4n) is 0. The molecule has 0 unspecified atom stereocenters. The van der Waals surface area contributed by atoms with E-state index in [-0.39, 0.29) is 75.4 Å². The van der Waals surface area contributed by atoms with Crippen LogP contribution in [0.15, 0.2) is 0 Å². The van der Waals surface area contributed by atoms with Crippen molar-refractivity contribution in [3.05, 3.63) is 0 Å². The van der Waals surface area contributed by atoms with Crippen LogP contribution in [0.2, 0.25) is 0 Å². The van der Waals surface area contributed by atoms with Crippen molar-refractivity contribution < 1.29 is 38.0 Å². The first-order chi connectivity index (χ1) is 2.56. The molecule has 0 atom stereocenters. The summed E-state index contributed by atoms with van der Waals surface area (Å²) in [6, 6.07) is 0. The predicted octanol–water partition coefficient (Wildman–Crippen LogP) is -2.54. The second-order valence-electron chi connectivity index (χ2n) is 0.673. The van der Waals surface area contributed by atoms with Crippen LogP contribution in [-0.4, -0.2) is 65.8 Å². The van der Waals surface area contributed by atoms with Crippen molar-refractivity contribution in [3.8, 4) is 0 Å². The number of hydrogen-bond acceptors (Lipinski definition) is 2. The topological polar surface area (TPSA) is 66.8 Å². The van der Waals surface area contributed by atoms with Crippen molar-refractivity contribution in [1.29, 1.82) is 0 Å². The third-order valence-electron chi connectivity index (χ3n) is 0.238. The molecule has 0 aromatic rings. The van der Waals surface area contributed by atoms with E-state index >= 15 is 0 Å². The maximum Gasteiger partial charge on any atom is 0 e. The quantitative estimate of drug-likeness (QED) is 0.411. The molecule has 0 aliphatic rings. The van der Waals surface area contributed by atoms with Crippen molar-refractivity contribution in [3.63, 3.8) is 0 Å². The Hall–Kier alpha value is 2.43. The third-order valence-corrected chi connectivity index (χ3v) is 2.14. The van der Waals surface area contributed by atoms with E-state index < -0.39 is 7.82 Å². The zero-order valence-electron chi connectivity index (χ0n) is 3.87. The first-order valence-corrected chi connectivity index (χ1v) is 3.52. The zero-order chi connectivity index (χ0) is 5.21. The van der Waals surface area contributed by atoms with Gasteiger partial charge in [-0.15, -0.1) is 0 Å². The number of phosphoric acid groups is 1. The molecule has 0 radical (unpaired) electrons. The van der Waals surface area contributed by atoms with Crippen LogP contribution in [0.3, 0.4) is 0 Å². The Morgan fingerprint density at radius 1 is 1.50 bits per heavy atom. The Morgan fingerprint density at radius 2 is 1.62 bits per heavy atom. The molecule has 0 aromatic carbocycles. The van der Waals surface area contributed by atoms with Crippen LogP contribution in [0.1, 0.15) is 0 Å². The van der Waals surface area contributed by atoms with Gasteiger partial charge in [-0.25, -0.2) is 4.57 Å². The maximum atomic E-state index is 9.51. The van der Waals surface area contributed by atoms with Crippen LogP contribution in [0, 0.1) is 0 Å². The molecule has 0 heterocycles. The standard InChI is InChI=1S/H5O4PSi.Sr.Zn.2H/c1-5(2,3)4-6;;;;/h6H3,(H2,1,2,3);;;;. The van der Waals surface area contributed by atoms with E-state index in [0.717, 1.165) is 0 Å². The van der Waals surface area contributed by atoms with Gasteiger partial charge in [0.15, 0.2) is 10.5 Å². The van der Waals surface area contributed by atoms with Crippen LogP contribution in [0.4, 0.5) is 0 Å². The molecule has 8 heteroatoms. The average molecular weight is 283 g/mol. The summed E-state index contributed by atoms with van der Waals surface area (Å²) in [7, 11) is -4.00. The van der Waals surface area contributed by atoms with Crippen molar-refractivity contribution in [2.45, 2.75) is 0 Å². The van der Waals surface area contributed by atoms with Crippen LogP contribution < -0.4 is 0 Å². The first kappa shape index (κ1) is 16.8. The van der Waals surface area contributed by atoms with Crippen LogP contribution >= 0.6 is 7.82 Å². The molecule has 0 fully saturated rings. The molecule has 0 rings (SSSR count). The molecule has 0 saturated heterocycles. The summed E-state index contributed by atoms with van der Waals surface area (Å²) in [5, 5.41) is 0. The SMILES string of the molecule is O=P(O)(O)O[SiH3].[SrH2].[Zn]. The van der Waals surface area contributed by atoms with Crippen LogP contribution in [-0.2, 0) is 28.3 Å². The third kappa shape index (κ3) is 15.8. The fourth-order valence-corrected chi connectivity index (χ4v) is 0. The van der Waals surface area contributed by atoms with Gasteiger partial charge in [-0.1, -0.05) is 0 Å². The Balaban J connectivity index is -0.000000125. The summed E-state index contributed by atoms with van der Waals surface area (Å²) >= 11 is 0. The molecule has 44 valence electrons. The van der Waals surface area contributed by atoms with E-state index in [2.05, 4.69) is 4.21 Å². The van der Waals surface area contributed by atoms with Crippen molar-refractivity contribution in [2.24, 2.45) is 0 Å². The van der Waals surface area contributed by atoms with E-state index in [1.54, 1.807) is 0 Å². The molecule has 8 heavy (non-hydrogen) atoms. The summed E-state index contributed by atoms with van der Waals surface area (Å²) in [6.45, 7) is 0. The Morgan fingerprint density at radius 3 is 1.62 bits per heavy atom. The molecular weight excluding hydrogens is 276 g/mol. The van der Waals surface area contributed by atoms with E-state index in [0.29, 0.717) is 0 Å². The Kier molecular flexibility index (Phi) is 15.8. The Labute approximate surface area is 100 Å². The van der Waals surface area contributed by atoms with Crippen molar-refractivity contribution in [1.82, 2.24) is 0 Å². The normalized spacial score (nSPS) is 9.25. The van der Waals surface area contributed by atoms with Gasteiger partial charge in [0, 0.05) is 19.5 Å². The average Bonchev–Trinajstić information content (AvgIpc) is 1.35. The monoisotopic (exact) mass is 282 g/mol. The smallest absolute Gasteiger partial charge is 0 e. The summed E-state index contributed by atoms with van der Waals surface area (Å²) in [5.74, 6) is 0. The second kappa shape index (κ2) is 7.54. The van der Waals surface area contributed by atoms with Crippen molar-refractivity contribution in [2.75, 3.05) is 0 Å². The molecule has 2 N–H and O–H groups in total.